The van der Waals surface area contributed by atoms with E-state index in [9.17, 15) is 0 Å². The van der Waals surface area contributed by atoms with Crippen molar-refractivity contribution in [3.63, 3.8) is 0 Å². The lowest BCUT2D eigenvalue weighted by atomic mass is 10.1. The van der Waals surface area contributed by atoms with Gasteiger partial charge in [0.15, 0.2) is 0 Å². The number of allylic oxidation sites excluding steroid dienone is 1. The predicted octanol–water partition coefficient (Wildman–Crippen LogP) is 5.04. The molecule has 0 radical (unpaired) electrons. The lowest BCUT2D eigenvalue weighted by molar-refractivity contribution is 0.394. The standard InChI is InChI=1S/C15H18Br2O2Si/c1-18-12-8-11(9-13(10-12)19-2)14(15(16)17)6-7-20(3,4)5/h8-10H,1-5H3. The third-order valence-electron chi connectivity index (χ3n) is 2.39. The average Bonchev–Trinajstić information content (AvgIpc) is 2.36. The van der Waals surface area contributed by atoms with Crippen molar-refractivity contribution in [3.05, 3.63) is 27.2 Å². The summed E-state index contributed by atoms with van der Waals surface area (Å²) in [4.78, 5) is 0. The summed E-state index contributed by atoms with van der Waals surface area (Å²) >= 11 is 6.93. The Morgan fingerprint density at radius 3 is 1.85 bits per heavy atom. The van der Waals surface area contributed by atoms with Crippen molar-refractivity contribution < 1.29 is 9.47 Å². The van der Waals surface area contributed by atoms with Gasteiger partial charge in [0.1, 0.15) is 19.6 Å². The largest absolute Gasteiger partial charge is 0.497 e. The molecule has 0 atom stereocenters. The van der Waals surface area contributed by atoms with Crippen LogP contribution in [-0.4, -0.2) is 22.3 Å². The third-order valence-corrected chi connectivity index (χ3v) is 4.06. The summed E-state index contributed by atoms with van der Waals surface area (Å²) in [5.41, 5.74) is 5.21. The summed E-state index contributed by atoms with van der Waals surface area (Å²) in [6.07, 6.45) is 0. The lowest BCUT2D eigenvalue weighted by Gasteiger charge is -2.09. The maximum absolute atomic E-state index is 5.30. The molecule has 0 aliphatic heterocycles. The average molecular weight is 418 g/mol. The number of ether oxygens (including phenoxy) is 2. The fraction of sp³-hybridized carbons (Fsp3) is 0.333. The summed E-state index contributed by atoms with van der Waals surface area (Å²) in [7, 11) is 1.83. The molecular formula is C15H18Br2O2Si. The zero-order valence-electron chi connectivity index (χ0n) is 12.3. The van der Waals surface area contributed by atoms with Crippen LogP contribution in [-0.2, 0) is 0 Å². The van der Waals surface area contributed by atoms with Gasteiger partial charge in [0.2, 0.25) is 0 Å². The number of hydrogen-bond acceptors (Lipinski definition) is 2. The van der Waals surface area contributed by atoms with Gasteiger partial charge < -0.3 is 9.47 Å². The molecule has 1 aromatic carbocycles. The molecule has 0 bridgehead atoms. The first-order valence-corrected chi connectivity index (χ1v) is 11.2. The quantitative estimate of drug-likeness (QED) is 0.506. The van der Waals surface area contributed by atoms with Crippen molar-refractivity contribution >= 4 is 45.5 Å². The summed E-state index contributed by atoms with van der Waals surface area (Å²) < 4.78 is 11.4. The Balaban J connectivity index is 3.36. The number of halogens is 2. The molecule has 0 amide bonds. The van der Waals surface area contributed by atoms with E-state index in [1.54, 1.807) is 14.2 Å². The Labute approximate surface area is 138 Å². The van der Waals surface area contributed by atoms with Crippen LogP contribution in [0.4, 0.5) is 0 Å². The molecule has 1 rings (SSSR count). The van der Waals surface area contributed by atoms with Crippen molar-refractivity contribution in [2.75, 3.05) is 14.2 Å². The Morgan fingerprint density at radius 1 is 1.00 bits per heavy atom. The number of rotatable bonds is 3. The molecule has 0 aromatic heterocycles. The molecule has 0 fully saturated rings. The van der Waals surface area contributed by atoms with Crippen LogP contribution in [0, 0.1) is 11.5 Å². The predicted molar refractivity (Wildman–Crippen MR) is 95.4 cm³/mol. The van der Waals surface area contributed by atoms with Crippen LogP contribution in [0.1, 0.15) is 5.56 Å². The Hall–Kier alpha value is -0.703. The minimum Gasteiger partial charge on any atom is -0.497 e. The van der Waals surface area contributed by atoms with Gasteiger partial charge in [0, 0.05) is 6.07 Å². The summed E-state index contributed by atoms with van der Waals surface area (Å²) in [6, 6.07) is 5.73. The lowest BCUT2D eigenvalue weighted by Crippen LogP contribution is -2.16. The smallest absolute Gasteiger partial charge is 0.129 e. The molecule has 0 saturated heterocycles. The van der Waals surface area contributed by atoms with Crippen LogP contribution in [0.2, 0.25) is 19.6 Å². The van der Waals surface area contributed by atoms with E-state index in [1.807, 2.05) is 18.2 Å². The minimum absolute atomic E-state index is 0.743. The van der Waals surface area contributed by atoms with E-state index in [1.165, 1.54) is 0 Å². The zero-order valence-corrected chi connectivity index (χ0v) is 16.5. The van der Waals surface area contributed by atoms with Gasteiger partial charge in [-0.15, -0.1) is 5.54 Å². The van der Waals surface area contributed by atoms with E-state index in [4.69, 9.17) is 9.47 Å². The van der Waals surface area contributed by atoms with E-state index in [-0.39, 0.29) is 0 Å². The number of methoxy groups -OCH3 is 2. The molecule has 108 valence electrons. The second-order valence-electron chi connectivity index (χ2n) is 5.24. The molecule has 0 N–H and O–H groups in total. The van der Waals surface area contributed by atoms with Gasteiger partial charge in [-0.1, -0.05) is 25.6 Å². The van der Waals surface area contributed by atoms with Crippen molar-refractivity contribution in [2.45, 2.75) is 19.6 Å². The van der Waals surface area contributed by atoms with Crippen LogP contribution in [0.15, 0.2) is 21.6 Å². The summed E-state index contributed by atoms with van der Waals surface area (Å²) in [6.45, 7) is 6.64. The third kappa shape index (κ3) is 5.35. The molecule has 0 unspecified atom stereocenters. The second-order valence-corrected chi connectivity index (χ2v) is 12.6. The first-order valence-electron chi connectivity index (χ1n) is 6.08. The fourth-order valence-corrected chi connectivity index (χ4v) is 2.59. The van der Waals surface area contributed by atoms with Gasteiger partial charge in [-0.25, -0.2) is 0 Å². The second kappa shape index (κ2) is 7.35. The molecule has 0 aliphatic rings. The van der Waals surface area contributed by atoms with Crippen LogP contribution in [0.3, 0.4) is 0 Å². The van der Waals surface area contributed by atoms with E-state index in [0.717, 1.165) is 26.0 Å². The highest BCUT2D eigenvalue weighted by atomic mass is 79.9. The topological polar surface area (TPSA) is 18.5 Å². The van der Waals surface area contributed by atoms with E-state index < -0.39 is 8.07 Å². The van der Waals surface area contributed by atoms with E-state index in [2.05, 4.69) is 63.0 Å². The maximum atomic E-state index is 5.30. The van der Waals surface area contributed by atoms with Gasteiger partial charge in [-0.2, -0.15) is 0 Å². The molecule has 1 aromatic rings. The summed E-state index contributed by atoms with van der Waals surface area (Å²) in [5.74, 6) is 4.75. The van der Waals surface area contributed by atoms with Gasteiger partial charge in [0.25, 0.3) is 0 Å². The zero-order chi connectivity index (χ0) is 15.3. The molecule has 5 heteroatoms. The van der Waals surface area contributed by atoms with E-state index >= 15 is 0 Å². The molecule has 0 aliphatic carbocycles. The van der Waals surface area contributed by atoms with E-state index in [0.29, 0.717) is 0 Å². The highest BCUT2D eigenvalue weighted by molar-refractivity contribution is 9.28. The summed E-state index contributed by atoms with van der Waals surface area (Å²) in [5, 5.41) is 0. The van der Waals surface area contributed by atoms with Gasteiger partial charge in [-0.3, -0.25) is 0 Å². The van der Waals surface area contributed by atoms with Crippen LogP contribution < -0.4 is 9.47 Å². The Morgan fingerprint density at radius 2 is 1.50 bits per heavy atom. The van der Waals surface area contributed by atoms with Crippen LogP contribution in [0.5, 0.6) is 11.5 Å². The highest BCUT2D eigenvalue weighted by Crippen LogP contribution is 2.32. The Bertz CT molecular complexity index is 552. The van der Waals surface area contributed by atoms with Crippen molar-refractivity contribution in [3.8, 4) is 23.0 Å². The molecule has 0 spiro atoms. The fourth-order valence-electron chi connectivity index (χ4n) is 1.43. The first-order chi connectivity index (χ1) is 9.26. The van der Waals surface area contributed by atoms with Gasteiger partial charge in [0.05, 0.1) is 23.2 Å². The normalized spacial score (nSPS) is 10.3. The molecule has 2 nitrogen and oxygen atoms in total. The molecule has 0 saturated carbocycles. The molecule has 0 heterocycles. The SMILES string of the molecule is COc1cc(OC)cc(C(C#C[Si](C)(C)C)=C(Br)Br)c1. The van der Waals surface area contributed by atoms with Crippen molar-refractivity contribution in [2.24, 2.45) is 0 Å². The molecular weight excluding hydrogens is 400 g/mol. The van der Waals surface area contributed by atoms with Crippen LogP contribution in [0.25, 0.3) is 5.57 Å². The molecule has 20 heavy (non-hydrogen) atoms. The van der Waals surface area contributed by atoms with Crippen LogP contribution >= 0.6 is 31.9 Å². The van der Waals surface area contributed by atoms with Crippen molar-refractivity contribution in [1.29, 1.82) is 0 Å². The minimum atomic E-state index is -1.44. The monoisotopic (exact) mass is 416 g/mol. The van der Waals surface area contributed by atoms with Crippen molar-refractivity contribution in [1.82, 2.24) is 0 Å². The first kappa shape index (κ1) is 17.3. The van der Waals surface area contributed by atoms with Gasteiger partial charge >= 0.3 is 0 Å². The number of hydrogen-bond donors (Lipinski definition) is 0. The Kier molecular flexibility index (Phi) is 6.37. The van der Waals surface area contributed by atoms with Gasteiger partial charge in [-0.05, 0) is 49.6 Å². The maximum Gasteiger partial charge on any atom is 0.129 e. The highest BCUT2D eigenvalue weighted by Gasteiger charge is 2.11. The number of benzene rings is 1.